The summed E-state index contributed by atoms with van der Waals surface area (Å²) in [5, 5.41) is 7.67. The lowest BCUT2D eigenvalue weighted by molar-refractivity contribution is -0.137. The number of carbonyl (C=O) groups is 2. The van der Waals surface area contributed by atoms with E-state index in [9.17, 15) is 22.8 Å². The van der Waals surface area contributed by atoms with Crippen LogP contribution in [0, 0.1) is 0 Å². The minimum absolute atomic E-state index is 0.0510. The van der Waals surface area contributed by atoms with Crippen molar-refractivity contribution in [2.45, 2.75) is 25.1 Å². The lowest BCUT2D eigenvalue weighted by Crippen LogP contribution is -2.40. The molecule has 1 fully saturated rings. The van der Waals surface area contributed by atoms with Gasteiger partial charge in [0.1, 0.15) is 0 Å². The molecule has 1 aliphatic rings. The number of benzene rings is 1. The first-order valence-electron chi connectivity index (χ1n) is 6.36. The predicted octanol–water partition coefficient (Wildman–Crippen LogP) is 2.11. The van der Waals surface area contributed by atoms with Crippen molar-refractivity contribution in [1.29, 1.82) is 0 Å². The van der Waals surface area contributed by atoms with Crippen LogP contribution in [0.15, 0.2) is 24.3 Å². The number of amides is 3. The van der Waals surface area contributed by atoms with E-state index < -0.39 is 17.8 Å². The average Bonchev–Trinajstić information content (AvgIpc) is 2.82. The van der Waals surface area contributed by atoms with E-state index in [-0.39, 0.29) is 24.2 Å². The van der Waals surface area contributed by atoms with Gasteiger partial charge in [0.15, 0.2) is 0 Å². The van der Waals surface area contributed by atoms with Crippen molar-refractivity contribution >= 4 is 17.6 Å². The van der Waals surface area contributed by atoms with E-state index in [2.05, 4.69) is 16.0 Å². The lowest BCUT2D eigenvalue weighted by Gasteiger charge is -2.12. The van der Waals surface area contributed by atoms with E-state index >= 15 is 0 Å². The van der Waals surface area contributed by atoms with Gasteiger partial charge in [-0.3, -0.25) is 4.79 Å². The Morgan fingerprint density at radius 2 is 1.95 bits per heavy atom. The summed E-state index contributed by atoms with van der Waals surface area (Å²) in [6, 6.07) is 3.52. The Morgan fingerprint density at radius 1 is 1.29 bits per heavy atom. The second-order valence-electron chi connectivity index (χ2n) is 4.71. The van der Waals surface area contributed by atoms with Gasteiger partial charge in [0.25, 0.3) is 0 Å². The van der Waals surface area contributed by atoms with Crippen molar-refractivity contribution in [2.75, 3.05) is 11.9 Å². The molecule has 21 heavy (non-hydrogen) atoms. The first kappa shape index (κ1) is 15.1. The van der Waals surface area contributed by atoms with Gasteiger partial charge in [0, 0.05) is 24.7 Å². The summed E-state index contributed by atoms with van der Waals surface area (Å²) in [6.07, 6.45) is -3.31. The van der Waals surface area contributed by atoms with Gasteiger partial charge in [-0.1, -0.05) is 0 Å². The molecule has 1 aromatic carbocycles. The van der Waals surface area contributed by atoms with Gasteiger partial charge < -0.3 is 16.0 Å². The number of rotatable bonds is 3. The summed E-state index contributed by atoms with van der Waals surface area (Å²) in [6.45, 7) is 0.276. The first-order valence-corrected chi connectivity index (χ1v) is 6.36. The van der Waals surface area contributed by atoms with E-state index in [0.29, 0.717) is 12.8 Å². The molecule has 0 saturated carbocycles. The second-order valence-corrected chi connectivity index (χ2v) is 4.71. The molecule has 0 bridgehead atoms. The average molecular weight is 301 g/mol. The van der Waals surface area contributed by atoms with Crippen molar-refractivity contribution in [3.05, 3.63) is 29.8 Å². The Hall–Kier alpha value is -2.25. The quantitative estimate of drug-likeness (QED) is 0.800. The fourth-order valence-corrected chi connectivity index (χ4v) is 1.96. The van der Waals surface area contributed by atoms with Gasteiger partial charge in [-0.05, 0) is 30.7 Å². The standard InChI is InChI=1S/C13H14F3N3O2/c14-13(15,16)8-1-3-9(4-2-8)19-12(21)17-7-10-5-6-11(20)18-10/h1-4,10H,5-7H2,(H,18,20)(H2,17,19,21). The minimum Gasteiger partial charge on any atom is -0.352 e. The number of hydrogen-bond acceptors (Lipinski definition) is 2. The molecule has 114 valence electrons. The van der Waals surface area contributed by atoms with Crippen LogP contribution in [0.4, 0.5) is 23.7 Å². The van der Waals surface area contributed by atoms with Gasteiger partial charge in [0.2, 0.25) is 5.91 Å². The van der Waals surface area contributed by atoms with Crippen LogP contribution in [0.2, 0.25) is 0 Å². The number of hydrogen-bond donors (Lipinski definition) is 3. The number of anilines is 1. The molecule has 1 aliphatic heterocycles. The summed E-state index contributed by atoms with van der Waals surface area (Å²) in [5.41, 5.74) is -0.516. The number of urea groups is 1. The third-order valence-corrected chi connectivity index (χ3v) is 3.06. The Morgan fingerprint density at radius 3 is 2.48 bits per heavy atom. The molecule has 0 aromatic heterocycles. The summed E-state index contributed by atoms with van der Waals surface area (Å²) in [4.78, 5) is 22.5. The fourth-order valence-electron chi connectivity index (χ4n) is 1.96. The highest BCUT2D eigenvalue weighted by atomic mass is 19.4. The number of halogens is 3. The molecule has 1 heterocycles. The summed E-state index contributed by atoms with van der Waals surface area (Å²) in [7, 11) is 0. The minimum atomic E-state index is -4.40. The number of alkyl halides is 3. The predicted molar refractivity (Wildman–Crippen MR) is 69.6 cm³/mol. The summed E-state index contributed by atoms with van der Waals surface area (Å²) < 4.78 is 37.1. The van der Waals surface area contributed by atoms with Crippen molar-refractivity contribution in [3.8, 4) is 0 Å². The van der Waals surface area contributed by atoms with E-state index in [1.54, 1.807) is 0 Å². The molecule has 2 rings (SSSR count). The zero-order valence-electron chi connectivity index (χ0n) is 11.0. The zero-order valence-corrected chi connectivity index (χ0v) is 11.0. The van der Waals surface area contributed by atoms with E-state index in [4.69, 9.17) is 0 Å². The van der Waals surface area contributed by atoms with Crippen molar-refractivity contribution in [1.82, 2.24) is 10.6 Å². The Kier molecular flexibility index (Phi) is 4.35. The topological polar surface area (TPSA) is 70.2 Å². The third-order valence-electron chi connectivity index (χ3n) is 3.06. The lowest BCUT2D eigenvalue weighted by atomic mass is 10.2. The summed E-state index contributed by atoms with van der Waals surface area (Å²) >= 11 is 0. The van der Waals surface area contributed by atoms with Gasteiger partial charge in [-0.15, -0.1) is 0 Å². The molecular weight excluding hydrogens is 287 g/mol. The van der Waals surface area contributed by atoms with Crippen LogP contribution in [-0.4, -0.2) is 24.5 Å². The molecule has 1 saturated heterocycles. The van der Waals surface area contributed by atoms with Crippen LogP contribution in [0.5, 0.6) is 0 Å². The Labute approximate surface area is 118 Å². The Bertz CT molecular complexity index is 528. The fraction of sp³-hybridized carbons (Fsp3) is 0.385. The van der Waals surface area contributed by atoms with Crippen LogP contribution >= 0.6 is 0 Å². The second kappa shape index (κ2) is 6.02. The van der Waals surface area contributed by atoms with Crippen molar-refractivity contribution in [3.63, 3.8) is 0 Å². The zero-order chi connectivity index (χ0) is 15.5. The highest BCUT2D eigenvalue weighted by molar-refractivity contribution is 5.89. The van der Waals surface area contributed by atoms with Crippen LogP contribution in [-0.2, 0) is 11.0 Å². The number of carbonyl (C=O) groups excluding carboxylic acids is 2. The van der Waals surface area contributed by atoms with E-state index in [1.165, 1.54) is 12.1 Å². The highest BCUT2D eigenvalue weighted by Gasteiger charge is 2.30. The molecule has 0 spiro atoms. The molecule has 5 nitrogen and oxygen atoms in total. The maximum absolute atomic E-state index is 12.4. The van der Waals surface area contributed by atoms with Crippen LogP contribution < -0.4 is 16.0 Å². The normalized spacial score (nSPS) is 18.2. The van der Waals surface area contributed by atoms with Gasteiger partial charge in [-0.25, -0.2) is 4.79 Å². The number of nitrogens with one attached hydrogen (secondary N) is 3. The maximum atomic E-state index is 12.4. The molecule has 1 atom stereocenters. The first-order chi connectivity index (χ1) is 9.84. The van der Waals surface area contributed by atoms with E-state index in [1.807, 2.05) is 0 Å². The van der Waals surface area contributed by atoms with Gasteiger partial charge in [-0.2, -0.15) is 13.2 Å². The molecule has 3 N–H and O–H groups in total. The molecule has 0 aliphatic carbocycles. The van der Waals surface area contributed by atoms with Crippen LogP contribution in [0.3, 0.4) is 0 Å². The van der Waals surface area contributed by atoms with Gasteiger partial charge in [0.05, 0.1) is 5.56 Å². The molecular formula is C13H14F3N3O2. The molecule has 0 radical (unpaired) electrons. The largest absolute Gasteiger partial charge is 0.416 e. The van der Waals surface area contributed by atoms with E-state index in [0.717, 1.165) is 12.1 Å². The summed E-state index contributed by atoms with van der Waals surface area (Å²) in [5.74, 6) is -0.0510. The smallest absolute Gasteiger partial charge is 0.352 e. The van der Waals surface area contributed by atoms with Gasteiger partial charge >= 0.3 is 12.2 Å². The van der Waals surface area contributed by atoms with Crippen LogP contribution in [0.25, 0.3) is 0 Å². The highest BCUT2D eigenvalue weighted by Crippen LogP contribution is 2.29. The monoisotopic (exact) mass is 301 g/mol. The third kappa shape index (κ3) is 4.37. The van der Waals surface area contributed by atoms with Crippen molar-refractivity contribution < 1.29 is 22.8 Å². The maximum Gasteiger partial charge on any atom is 0.416 e. The SMILES string of the molecule is O=C1CCC(CNC(=O)Nc2ccc(C(F)(F)F)cc2)N1. The molecule has 3 amide bonds. The molecule has 1 unspecified atom stereocenters. The van der Waals surface area contributed by atoms with Crippen molar-refractivity contribution in [2.24, 2.45) is 0 Å². The molecule has 8 heteroatoms. The van der Waals surface area contributed by atoms with Crippen LogP contribution in [0.1, 0.15) is 18.4 Å². The molecule has 1 aromatic rings. The Balaban J connectivity index is 1.81.